The number of rotatable bonds is 5. The number of aryl methyl sites for hydroxylation is 1. The van der Waals surface area contributed by atoms with Crippen molar-refractivity contribution >= 4 is 17.5 Å². The van der Waals surface area contributed by atoms with E-state index in [1.165, 1.54) is 7.05 Å². The quantitative estimate of drug-likeness (QED) is 0.463. The van der Waals surface area contributed by atoms with Crippen LogP contribution in [0.15, 0.2) is 35.0 Å². The molecule has 7 heteroatoms. The number of hydrogen-bond donors (Lipinski definition) is 2. The summed E-state index contributed by atoms with van der Waals surface area (Å²) in [5, 5.41) is 14.5. The maximum absolute atomic E-state index is 11.1. The monoisotopic (exact) mass is 384 g/mol. The van der Waals surface area contributed by atoms with Crippen molar-refractivity contribution in [3.8, 4) is 11.8 Å². The van der Waals surface area contributed by atoms with Crippen LogP contribution in [0.3, 0.4) is 0 Å². The van der Waals surface area contributed by atoms with Gasteiger partial charge in [0, 0.05) is 18.2 Å². The highest BCUT2D eigenvalue weighted by molar-refractivity contribution is 6.01. The van der Waals surface area contributed by atoms with Gasteiger partial charge in [-0.3, -0.25) is 14.4 Å². The Balaban J connectivity index is 0.000000311. The third-order valence-electron chi connectivity index (χ3n) is 3.90. The van der Waals surface area contributed by atoms with Gasteiger partial charge in [0.2, 0.25) is 5.91 Å². The van der Waals surface area contributed by atoms with Crippen LogP contribution in [0.1, 0.15) is 47.5 Å². The zero-order valence-corrected chi connectivity index (χ0v) is 16.4. The summed E-state index contributed by atoms with van der Waals surface area (Å²) < 4.78 is 4.91. The molecule has 1 amide bonds. The van der Waals surface area contributed by atoms with Crippen molar-refractivity contribution in [2.75, 3.05) is 13.7 Å². The summed E-state index contributed by atoms with van der Waals surface area (Å²) in [5.41, 5.74) is 2.33. The number of nitrogens with zero attached hydrogens (tertiary/aromatic N) is 1. The average molecular weight is 384 g/mol. The number of aliphatic hydroxyl groups is 1. The van der Waals surface area contributed by atoms with Gasteiger partial charge < -0.3 is 14.9 Å². The molecule has 1 aromatic carbocycles. The molecule has 0 bridgehead atoms. The van der Waals surface area contributed by atoms with E-state index >= 15 is 0 Å². The van der Waals surface area contributed by atoms with Crippen LogP contribution in [0.4, 0.5) is 0 Å². The van der Waals surface area contributed by atoms with Crippen LogP contribution in [-0.2, 0) is 9.59 Å². The average Bonchev–Trinajstić information content (AvgIpc) is 3.12. The number of Topliss-reactive ketones (excluding diaryl/α,β-unsaturated/α-hetero) is 2. The maximum Gasteiger partial charge on any atom is 0.230 e. The second-order valence-corrected chi connectivity index (χ2v) is 5.88. The van der Waals surface area contributed by atoms with Gasteiger partial charge in [-0.05, 0) is 32.4 Å². The van der Waals surface area contributed by atoms with Crippen molar-refractivity contribution in [3.63, 3.8) is 0 Å². The lowest BCUT2D eigenvalue weighted by molar-refractivity contribution is -0.135. The molecule has 0 saturated heterocycles. The molecule has 0 fully saturated rings. The summed E-state index contributed by atoms with van der Waals surface area (Å²) in [4.78, 5) is 32.8. The van der Waals surface area contributed by atoms with Crippen molar-refractivity contribution in [2.45, 2.75) is 27.2 Å². The summed E-state index contributed by atoms with van der Waals surface area (Å²) in [7, 11) is 1.47. The molecule has 1 aromatic heterocycles. The van der Waals surface area contributed by atoms with Gasteiger partial charge in [0.05, 0.1) is 17.7 Å². The Kier molecular flexibility index (Phi) is 9.34. The lowest BCUT2D eigenvalue weighted by Crippen LogP contribution is -2.34. The van der Waals surface area contributed by atoms with Crippen molar-refractivity contribution in [3.05, 3.63) is 52.9 Å². The van der Waals surface area contributed by atoms with Gasteiger partial charge in [-0.2, -0.15) is 0 Å². The Morgan fingerprint density at radius 2 is 1.86 bits per heavy atom. The fourth-order valence-electron chi connectivity index (χ4n) is 2.19. The van der Waals surface area contributed by atoms with E-state index in [4.69, 9.17) is 9.63 Å². The zero-order chi connectivity index (χ0) is 21.1. The van der Waals surface area contributed by atoms with Crippen molar-refractivity contribution in [1.29, 1.82) is 0 Å². The predicted molar refractivity (Wildman–Crippen MR) is 104 cm³/mol. The van der Waals surface area contributed by atoms with Gasteiger partial charge >= 0.3 is 0 Å². The fraction of sp³-hybridized carbons (Fsp3) is 0.333. The Hall–Kier alpha value is -3.24. The van der Waals surface area contributed by atoms with Gasteiger partial charge in [0.1, 0.15) is 12.4 Å². The molecule has 2 aromatic rings. The number of aromatic nitrogens is 1. The molecule has 7 nitrogen and oxygen atoms in total. The smallest absolute Gasteiger partial charge is 0.230 e. The van der Waals surface area contributed by atoms with E-state index in [-0.39, 0.29) is 11.7 Å². The SMILES string of the molecule is CC(=O)c1ccc(C#Cc2cnoc2C)cc1.CCC(C(=O)CO)C(=O)NC. The van der Waals surface area contributed by atoms with Crippen LogP contribution < -0.4 is 5.32 Å². The van der Waals surface area contributed by atoms with Crippen LogP contribution in [0.25, 0.3) is 0 Å². The molecule has 2 rings (SSSR count). The van der Waals surface area contributed by atoms with E-state index in [9.17, 15) is 14.4 Å². The summed E-state index contributed by atoms with van der Waals surface area (Å²) in [6.45, 7) is 4.52. The van der Waals surface area contributed by atoms with E-state index in [2.05, 4.69) is 22.3 Å². The predicted octanol–water partition coefficient (Wildman–Crippen LogP) is 1.91. The number of hydrogen-bond acceptors (Lipinski definition) is 6. The summed E-state index contributed by atoms with van der Waals surface area (Å²) in [5.74, 6) is 5.28. The van der Waals surface area contributed by atoms with Gasteiger partial charge in [-0.15, -0.1) is 0 Å². The number of amides is 1. The Labute approximate surface area is 164 Å². The van der Waals surface area contributed by atoms with Gasteiger partial charge in [-0.25, -0.2) is 0 Å². The van der Waals surface area contributed by atoms with E-state index in [1.54, 1.807) is 32.2 Å². The normalized spacial score (nSPS) is 10.6. The van der Waals surface area contributed by atoms with E-state index in [0.717, 1.165) is 11.1 Å². The molecule has 28 heavy (non-hydrogen) atoms. The molecule has 0 saturated carbocycles. The molecule has 0 aliphatic rings. The summed E-state index contributed by atoms with van der Waals surface area (Å²) >= 11 is 0. The maximum atomic E-state index is 11.1. The zero-order valence-electron chi connectivity index (χ0n) is 16.4. The second kappa shape index (κ2) is 11.5. The number of benzene rings is 1. The first kappa shape index (κ1) is 22.8. The Morgan fingerprint density at radius 1 is 1.21 bits per heavy atom. The third-order valence-corrected chi connectivity index (χ3v) is 3.90. The van der Waals surface area contributed by atoms with Crippen molar-refractivity contribution in [1.82, 2.24) is 10.5 Å². The summed E-state index contributed by atoms with van der Waals surface area (Å²) in [6, 6.07) is 7.19. The first-order chi connectivity index (χ1) is 13.3. The molecule has 0 spiro atoms. The molecule has 1 unspecified atom stereocenters. The third kappa shape index (κ3) is 6.82. The molecule has 0 aliphatic carbocycles. The van der Waals surface area contributed by atoms with Crippen molar-refractivity contribution in [2.24, 2.45) is 5.92 Å². The minimum absolute atomic E-state index is 0.0550. The fourth-order valence-corrected chi connectivity index (χ4v) is 2.19. The van der Waals surface area contributed by atoms with Crippen LogP contribution in [0.2, 0.25) is 0 Å². The Morgan fingerprint density at radius 3 is 2.29 bits per heavy atom. The lowest BCUT2D eigenvalue weighted by atomic mass is 10.0. The lowest BCUT2D eigenvalue weighted by Gasteiger charge is -2.09. The molecular formula is C21H24N2O5. The first-order valence-corrected chi connectivity index (χ1v) is 8.73. The van der Waals surface area contributed by atoms with Crippen LogP contribution in [0, 0.1) is 24.7 Å². The molecule has 0 radical (unpaired) electrons. The minimum Gasteiger partial charge on any atom is -0.389 e. The number of aliphatic hydroxyl groups excluding tert-OH is 1. The largest absolute Gasteiger partial charge is 0.389 e. The van der Waals surface area contributed by atoms with E-state index in [1.807, 2.05) is 19.1 Å². The summed E-state index contributed by atoms with van der Waals surface area (Å²) in [6.07, 6.45) is 2.02. The molecule has 1 heterocycles. The Bertz CT molecular complexity index is 856. The van der Waals surface area contributed by atoms with Crippen molar-refractivity contribution < 1.29 is 24.0 Å². The minimum atomic E-state index is -0.690. The number of ketones is 2. The van der Waals surface area contributed by atoms with Gasteiger partial charge in [0.15, 0.2) is 11.6 Å². The highest BCUT2D eigenvalue weighted by Gasteiger charge is 2.22. The number of nitrogens with one attached hydrogen (secondary N) is 1. The highest BCUT2D eigenvalue weighted by atomic mass is 16.5. The molecule has 148 valence electrons. The molecule has 1 atom stereocenters. The number of carbonyl (C=O) groups is 3. The highest BCUT2D eigenvalue weighted by Crippen LogP contribution is 2.06. The van der Waals surface area contributed by atoms with Gasteiger partial charge in [0.25, 0.3) is 0 Å². The molecular weight excluding hydrogens is 360 g/mol. The van der Waals surface area contributed by atoms with Crippen LogP contribution >= 0.6 is 0 Å². The second-order valence-electron chi connectivity index (χ2n) is 5.88. The number of carbonyl (C=O) groups excluding carboxylic acids is 3. The first-order valence-electron chi connectivity index (χ1n) is 8.73. The van der Waals surface area contributed by atoms with E-state index in [0.29, 0.717) is 17.7 Å². The van der Waals surface area contributed by atoms with E-state index < -0.39 is 18.3 Å². The molecule has 0 aliphatic heterocycles. The topological polar surface area (TPSA) is 110 Å². The molecule has 2 N–H and O–H groups in total. The van der Waals surface area contributed by atoms with Gasteiger partial charge in [-0.1, -0.05) is 36.1 Å². The standard InChI is InChI=1S/C14H11NO2.C7H13NO3/c1-10(16)13-6-3-12(4-7-13)5-8-14-9-15-17-11(14)2;1-3-5(6(10)4-9)7(11)8-2/h3-4,6-7,9H,1-2H3;5,9H,3-4H2,1-2H3,(H,8,11). The van der Waals surface area contributed by atoms with Crippen LogP contribution in [0.5, 0.6) is 0 Å². The van der Waals surface area contributed by atoms with Crippen LogP contribution in [-0.4, -0.2) is 41.4 Å².